The fourth-order valence-electron chi connectivity index (χ4n) is 1.48. The van der Waals surface area contributed by atoms with Gasteiger partial charge in [-0.05, 0) is 37.7 Å². The quantitative estimate of drug-likeness (QED) is 0.153. The lowest BCUT2D eigenvalue weighted by molar-refractivity contribution is 0.366. The second kappa shape index (κ2) is 23.3. The van der Waals surface area contributed by atoms with Crippen LogP contribution in [0.1, 0.15) is 59.3 Å². The molecule has 0 saturated heterocycles. The molecule has 0 aliphatic heterocycles. The zero-order chi connectivity index (χ0) is 27.9. The zero-order valence-corrected chi connectivity index (χ0v) is 19.1. The molecule has 0 atom stereocenters. The van der Waals surface area contributed by atoms with Crippen LogP contribution in [0, 0.1) is 0 Å². The first-order valence-electron chi connectivity index (χ1n) is 9.56. The lowest BCUT2D eigenvalue weighted by Crippen LogP contribution is -2.02. The van der Waals surface area contributed by atoms with Gasteiger partial charge in [0.05, 0.1) is 0 Å². The highest BCUT2D eigenvalue weighted by Crippen LogP contribution is 2.38. The third-order valence-electron chi connectivity index (χ3n) is 2.48. The minimum absolute atomic E-state index is 0.422. The molecule has 0 aromatic rings. The Hall–Kier alpha value is -0.430. The normalized spacial score (nSPS) is 11.6. The number of hydrogen-bond acceptors (Lipinski definition) is 0. The predicted octanol–water partition coefficient (Wildman–Crippen LogP) is 10.1. The largest absolute Gasteiger partial charge is 0.673 e. The molecule has 0 unspecified atom stereocenters. The molecule has 0 aromatic heterocycles. The van der Waals surface area contributed by atoms with Gasteiger partial charge in [-0.25, -0.2) is 0 Å². The summed E-state index contributed by atoms with van der Waals surface area (Å²) in [6.07, 6.45) is 13.2. The van der Waals surface area contributed by atoms with Gasteiger partial charge in [0.1, 0.15) is 0 Å². The third kappa shape index (κ3) is 206. The maximum Gasteiger partial charge on any atom is 0.673 e. The fraction of sp³-hybridized carbons (Fsp3) is 1.00. The Labute approximate surface area is 184 Å². The van der Waals surface area contributed by atoms with E-state index in [-0.39, 0.29) is 0 Å². The van der Waals surface area contributed by atoms with Crippen LogP contribution in [0.3, 0.4) is 0 Å². The molecule has 0 rings (SSSR count). The Morgan fingerprint density at radius 3 is 0.576 bits per heavy atom. The number of halogens is 16. The molecule has 0 fully saturated rings. The molecule has 0 aliphatic rings. The molecule has 33 heavy (non-hydrogen) atoms. The fourth-order valence-corrected chi connectivity index (χ4v) is 4.44. The summed E-state index contributed by atoms with van der Waals surface area (Å²) in [4.78, 5) is 0. The Bertz CT molecular complexity index is 295. The van der Waals surface area contributed by atoms with Crippen LogP contribution < -0.4 is 0 Å². The maximum atomic E-state index is 9.75. The monoisotopic (exact) mass is 550 g/mol. The summed E-state index contributed by atoms with van der Waals surface area (Å²) in [7, 11) is -23.6. The second-order valence-corrected chi connectivity index (χ2v) is 8.57. The van der Waals surface area contributed by atoms with Crippen LogP contribution in [0.25, 0.3) is 0 Å². The lowest BCUT2D eigenvalue weighted by Gasteiger charge is -2.16. The van der Waals surface area contributed by atoms with E-state index < -0.39 is 29.0 Å². The van der Waals surface area contributed by atoms with Crippen molar-refractivity contribution >= 4 is 36.9 Å². The molecule has 0 heterocycles. The molecule has 0 aliphatic carbocycles. The Balaban J connectivity index is -0.000000109. The van der Waals surface area contributed by atoms with E-state index in [2.05, 4.69) is 20.8 Å². The van der Waals surface area contributed by atoms with E-state index in [4.69, 9.17) is 0 Å². The molecular weight excluding hydrogens is 522 g/mol. The highest BCUT2D eigenvalue weighted by Gasteiger charge is 2.21. The molecule has 0 nitrogen and oxygen atoms in total. The minimum atomic E-state index is -6.00. The van der Waals surface area contributed by atoms with Crippen molar-refractivity contribution in [2.24, 2.45) is 0 Å². The Morgan fingerprint density at radius 1 is 0.364 bits per heavy atom. The van der Waals surface area contributed by atoms with Crippen LogP contribution in [-0.4, -0.2) is 47.5 Å². The molecule has 0 radical (unpaired) electrons. The summed E-state index contributed by atoms with van der Waals surface area (Å²) in [6.45, 7) is 6.94. The van der Waals surface area contributed by atoms with Crippen molar-refractivity contribution in [1.82, 2.24) is 0 Å². The first-order valence-corrected chi connectivity index (χ1v) is 11.5. The predicted molar refractivity (Wildman–Crippen MR) is 107 cm³/mol. The molecular formula is C12H27B4F16P-4. The van der Waals surface area contributed by atoms with E-state index in [1.165, 1.54) is 38.5 Å². The highest BCUT2D eigenvalue weighted by atomic mass is 31.1. The number of unbranched alkanes of at least 4 members (excludes halogenated alkanes) is 3. The van der Waals surface area contributed by atoms with E-state index in [1.807, 2.05) is 0 Å². The van der Waals surface area contributed by atoms with Crippen LogP contribution in [-0.2, 0) is 0 Å². The molecule has 0 saturated carbocycles. The number of rotatable bonds is 9. The van der Waals surface area contributed by atoms with Crippen molar-refractivity contribution in [3.8, 4) is 0 Å². The van der Waals surface area contributed by atoms with Crippen LogP contribution >= 0.6 is 7.92 Å². The topological polar surface area (TPSA) is 0 Å². The smallest absolute Gasteiger partial charge is 0.418 e. The summed E-state index contributed by atoms with van der Waals surface area (Å²) in [5.74, 6) is 0. The van der Waals surface area contributed by atoms with Gasteiger partial charge in [0.25, 0.3) is 0 Å². The molecule has 0 bridgehead atoms. The van der Waals surface area contributed by atoms with Gasteiger partial charge in [-0.1, -0.05) is 40.0 Å². The van der Waals surface area contributed by atoms with Crippen molar-refractivity contribution in [3.63, 3.8) is 0 Å². The van der Waals surface area contributed by atoms with Crippen LogP contribution in [0.5, 0.6) is 0 Å². The van der Waals surface area contributed by atoms with Gasteiger partial charge in [-0.2, -0.15) is 0 Å². The first-order chi connectivity index (χ1) is 14.3. The lowest BCUT2D eigenvalue weighted by atomic mass is 10.3. The molecule has 0 N–H and O–H groups in total. The van der Waals surface area contributed by atoms with E-state index in [1.54, 1.807) is 18.5 Å². The molecule has 0 spiro atoms. The molecule has 0 aromatic carbocycles. The van der Waals surface area contributed by atoms with Crippen molar-refractivity contribution in [3.05, 3.63) is 0 Å². The first kappa shape index (κ1) is 42.7. The van der Waals surface area contributed by atoms with Gasteiger partial charge in [-0.15, -0.1) is 7.92 Å². The Kier molecular flexibility index (Phi) is 30.2. The van der Waals surface area contributed by atoms with Gasteiger partial charge in [0.2, 0.25) is 0 Å². The van der Waals surface area contributed by atoms with Gasteiger partial charge >= 0.3 is 29.0 Å². The maximum absolute atomic E-state index is 9.75. The third-order valence-corrected chi connectivity index (χ3v) is 5.33. The summed E-state index contributed by atoms with van der Waals surface area (Å²) in [6, 6.07) is 0. The second-order valence-electron chi connectivity index (χ2n) is 5.88. The molecule has 208 valence electrons. The van der Waals surface area contributed by atoms with Gasteiger partial charge in [0, 0.05) is 0 Å². The average molecular weight is 550 g/mol. The van der Waals surface area contributed by atoms with E-state index >= 15 is 0 Å². The average Bonchev–Trinajstić information content (AvgIpc) is 2.47. The number of hydrogen-bond donors (Lipinski definition) is 0. The minimum Gasteiger partial charge on any atom is -0.418 e. The molecule has 0 amide bonds. The van der Waals surface area contributed by atoms with Crippen molar-refractivity contribution in [2.45, 2.75) is 59.3 Å². The van der Waals surface area contributed by atoms with Crippen molar-refractivity contribution < 1.29 is 69.1 Å². The summed E-state index contributed by atoms with van der Waals surface area (Å²) in [5.41, 5.74) is 0. The summed E-state index contributed by atoms with van der Waals surface area (Å²) < 4.78 is 156. The van der Waals surface area contributed by atoms with E-state index in [9.17, 15) is 69.1 Å². The van der Waals surface area contributed by atoms with Crippen LogP contribution in [0.15, 0.2) is 0 Å². The van der Waals surface area contributed by atoms with Crippen molar-refractivity contribution in [1.29, 1.82) is 0 Å². The standard InChI is InChI=1S/C12H27P.4BF4/c1-4-7-10-13(11-8-5-2)12-9-6-3;4*2-1(3,4)5/h4-12H2,1-3H3;;;;/q;4*-1. The Morgan fingerprint density at radius 2 is 0.485 bits per heavy atom. The van der Waals surface area contributed by atoms with Gasteiger partial charge < -0.3 is 69.1 Å². The summed E-state index contributed by atoms with van der Waals surface area (Å²) >= 11 is 0. The van der Waals surface area contributed by atoms with Crippen LogP contribution in [0.2, 0.25) is 0 Å². The molecule has 21 heteroatoms. The highest BCUT2D eigenvalue weighted by molar-refractivity contribution is 7.57. The zero-order valence-electron chi connectivity index (χ0n) is 18.2. The van der Waals surface area contributed by atoms with E-state index in [0.29, 0.717) is 7.92 Å². The van der Waals surface area contributed by atoms with Gasteiger partial charge in [0.15, 0.2) is 0 Å². The SMILES string of the molecule is CCCCP(CCCC)CCCC.F[B-](F)(F)F.F[B-](F)(F)F.F[B-](F)(F)F.F[B-](F)(F)F. The van der Waals surface area contributed by atoms with Gasteiger partial charge in [-0.3, -0.25) is 0 Å². The van der Waals surface area contributed by atoms with E-state index in [0.717, 1.165) is 0 Å². The van der Waals surface area contributed by atoms with Crippen molar-refractivity contribution in [2.75, 3.05) is 18.5 Å². The van der Waals surface area contributed by atoms with Crippen LogP contribution in [0.4, 0.5) is 69.1 Å². The summed E-state index contributed by atoms with van der Waals surface area (Å²) in [5, 5.41) is 0.